The zero-order chi connectivity index (χ0) is 16.7. The van der Waals surface area contributed by atoms with Gasteiger partial charge in [0.15, 0.2) is 0 Å². The number of anilines is 1. The fourth-order valence-corrected chi connectivity index (χ4v) is 2.00. The van der Waals surface area contributed by atoms with Crippen LogP contribution in [-0.4, -0.2) is 11.8 Å². The van der Waals surface area contributed by atoms with Gasteiger partial charge >= 0.3 is 0 Å². The smallest absolute Gasteiger partial charge is 0.255 e. The first kappa shape index (κ1) is 16.2. The van der Waals surface area contributed by atoms with E-state index in [2.05, 4.69) is 16.7 Å². The number of benzene rings is 2. The predicted molar refractivity (Wildman–Crippen MR) is 87.7 cm³/mol. The van der Waals surface area contributed by atoms with Crippen molar-refractivity contribution in [2.45, 2.75) is 19.9 Å². The van der Waals surface area contributed by atoms with Crippen LogP contribution in [0.25, 0.3) is 0 Å². The Morgan fingerprint density at radius 3 is 2.17 bits per heavy atom. The molecular weight excluding hydrogens is 290 g/mol. The third kappa shape index (κ3) is 4.97. The number of amides is 2. The van der Waals surface area contributed by atoms with E-state index in [0.717, 1.165) is 11.1 Å². The molecule has 0 unspecified atom stereocenters. The maximum absolute atomic E-state index is 12.2. The molecule has 0 aliphatic rings. The maximum Gasteiger partial charge on any atom is 0.255 e. The maximum atomic E-state index is 12.2. The molecule has 0 heterocycles. The van der Waals surface area contributed by atoms with Crippen molar-refractivity contribution >= 4 is 17.5 Å². The second kappa shape index (κ2) is 7.76. The number of carbonyl (C=O) groups excluding carboxylic acids is 2. The Kier molecular flexibility index (Phi) is 5.48. The van der Waals surface area contributed by atoms with Crippen LogP contribution in [0.4, 0.5) is 5.69 Å². The summed E-state index contributed by atoms with van der Waals surface area (Å²) in [5.41, 5.74) is 3.06. The van der Waals surface area contributed by atoms with E-state index in [-0.39, 0.29) is 11.8 Å². The van der Waals surface area contributed by atoms with Gasteiger partial charge in [0, 0.05) is 24.7 Å². The van der Waals surface area contributed by atoms with Gasteiger partial charge in [0.1, 0.15) is 0 Å². The van der Waals surface area contributed by atoms with Crippen LogP contribution in [0.2, 0.25) is 0 Å². The minimum atomic E-state index is -0.205. The normalized spacial score (nSPS) is 9.74. The quantitative estimate of drug-likeness (QED) is 0.891. The van der Waals surface area contributed by atoms with Gasteiger partial charge < -0.3 is 10.6 Å². The third-order valence-corrected chi connectivity index (χ3v) is 3.25. The minimum absolute atomic E-state index is 0.0911. The molecule has 2 aromatic rings. The Morgan fingerprint density at radius 1 is 1.00 bits per heavy atom. The summed E-state index contributed by atoms with van der Waals surface area (Å²) in [6, 6.07) is 16.3. The summed E-state index contributed by atoms with van der Waals surface area (Å²) in [4.78, 5) is 23.0. The zero-order valence-electron chi connectivity index (χ0n) is 12.8. The van der Waals surface area contributed by atoms with Crippen molar-refractivity contribution in [3.63, 3.8) is 0 Å². The van der Waals surface area contributed by atoms with Crippen LogP contribution < -0.4 is 10.6 Å². The third-order valence-electron chi connectivity index (χ3n) is 3.25. The van der Waals surface area contributed by atoms with Gasteiger partial charge in [-0.1, -0.05) is 24.3 Å². The molecular formula is C18H17N3O2. The van der Waals surface area contributed by atoms with Gasteiger partial charge in [-0.25, -0.2) is 0 Å². The Labute approximate surface area is 134 Å². The molecule has 0 aliphatic carbocycles. The standard InChI is InChI=1S/C18H17N3O2/c1-13(22)20-12-15-2-6-16(7-3-15)18(23)21-17-8-4-14(5-9-17)10-11-19/h2-9H,10,12H2,1H3,(H,20,22)(H,21,23). The average molecular weight is 307 g/mol. The highest BCUT2D eigenvalue weighted by Crippen LogP contribution is 2.12. The number of rotatable bonds is 5. The van der Waals surface area contributed by atoms with E-state index in [0.29, 0.717) is 24.2 Å². The van der Waals surface area contributed by atoms with Gasteiger partial charge in [0.05, 0.1) is 12.5 Å². The van der Waals surface area contributed by atoms with Crippen LogP contribution in [0.15, 0.2) is 48.5 Å². The molecule has 0 atom stereocenters. The van der Waals surface area contributed by atoms with Crippen LogP contribution in [0.5, 0.6) is 0 Å². The summed E-state index contributed by atoms with van der Waals surface area (Å²) < 4.78 is 0. The average Bonchev–Trinajstić information content (AvgIpc) is 2.55. The van der Waals surface area contributed by atoms with E-state index in [9.17, 15) is 9.59 Å². The molecule has 2 N–H and O–H groups in total. The van der Waals surface area contributed by atoms with E-state index in [1.54, 1.807) is 36.4 Å². The summed E-state index contributed by atoms with van der Waals surface area (Å²) >= 11 is 0. The highest BCUT2D eigenvalue weighted by atomic mass is 16.2. The van der Waals surface area contributed by atoms with Crippen LogP contribution >= 0.6 is 0 Å². The molecule has 0 spiro atoms. The molecule has 5 heteroatoms. The van der Waals surface area contributed by atoms with Gasteiger partial charge in [0.25, 0.3) is 5.91 Å². The van der Waals surface area contributed by atoms with Crippen molar-refractivity contribution < 1.29 is 9.59 Å². The van der Waals surface area contributed by atoms with Gasteiger partial charge in [0.2, 0.25) is 5.91 Å². The summed E-state index contributed by atoms with van der Waals surface area (Å²) in [5.74, 6) is -0.296. The molecule has 0 saturated carbocycles. The van der Waals surface area contributed by atoms with Crippen LogP contribution in [0, 0.1) is 11.3 Å². The topological polar surface area (TPSA) is 82.0 Å². The molecule has 0 aromatic heterocycles. The molecule has 2 amide bonds. The van der Waals surface area contributed by atoms with Gasteiger partial charge in [-0.15, -0.1) is 0 Å². The molecule has 5 nitrogen and oxygen atoms in total. The lowest BCUT2D eigenvalue weighted by Gasteiger charge is -2.07. The van der Waals surface area contributed by atoms with Crippen molar-refractivity contribution in [1.29, 1.82) is 5.26 Å². The molecule has 2 rings (SSSR count). The van der Waals surface area contributed by atoms with Gasteiger partial charge in [-0.05, 0) is 35.4 Å². The second-order valence-electron chi connectivity index (χ2n) is 5.09. The lowest BCUT2D eigenvalue weighted by atomic mass is 10.1. The number of nitrogens with zero attached hydrogens (tertiary/aromatic N) is 1. The first-order valence-corrected chi connectivity index (χ1v) is 7.19. The number of nitriles is 1. The van der Waals surface area contributed by atoms with Crippen molar-refractivity contribution in [3.8, 4) is 6.07 Å². The molecule has 0 saturated heterocycles. The first-order valence-electron chi connectivity index (χ1n) is 7.19. The Balaban J connectivity index is 1.97. The second-order valence-corrected chi connectivity index (χ2v) is 5.09. The lowest BCUT2D eigenvalue weighted by molar-refractivity contribution is -0.119. The largest absolute Gasteiger partial charge is 0.352 e. The summed E-state index contributed by atoms with van der Waals surface area (Å²) in [6.45, 7) is 1.90. The molecule has 2 aromatic carbocycles. The Bertz CT molecular complexity index is 728. The van der Waals surface area contributed by atoms with E-state index < -0.39 is 0 Å². The van der Waals surface area contributed by atoms with E-state index >= 15 is 0 Å². The van der Waals surface area contributed by atoms with Crippen LogP contribution in [0.3, 0.4) is 0 Å². The molecule has 0 aliphatic heterocycles. The SMILES string of the molecule is CC(=O)NCc1ccc(C(=O)Nc2ccc(CC#N)cc2)cc1. The van der Waals surface area contributed by atoms with Crippen molar-refractivity contribution in [3.05, 3.63) is 65.2 Å². The first-order chi connectivity index (χ1) is 11.1. The number of hydrogen-bond donors (Lipinski definition) is 2. The van der Waals surface area contributed by atoms with E-state index in [1.165, 1.54) is 6.92 Å². The number of hydrogen-bond acceptors (Lipinski definition) is 3. The van der Waals surface area contributed by atoms with Crippen molar-refractivity contribution in [2.24, 2.45) is 0 Å². The van der Waals surface area contributed by atoms with E-state index in [4.69, 9.17) is 5.26 Å². The molecule has 0 radical (unpaired) electrons. The summed E-state index contributed by atoms with van der Waals surface area (Å²) in [7, 11) is 0. The number of nitrogens with one attached hydrogen (secondary N) is 2. The predicted octanol–water partition coefficient (Wildman–Crippen LogP) is 2.64. The fourth-order valence-electron chi connectivity index (χ4n) is 2.00. The Morgan fingerprint density at radius 2 is 1.61 bits per heavy atom. The monoisotopic (exact) mass is 307 g/mol. The number of carbonyl (C=O) groups is 2. The molecule has 0 bridgehead atoms. The Hall–Kier alpha value is -3.13. The van der Waals surface area contributed by atoms with Crippen LogP contribution in [-0.2, 0) is 17.8 Å². The minimum Gasteiger partial charge on any atom is -0.352 e. The molecule has 116 valence electrons. The van der Waals surface area contributed by atoms with Gasteiger partial charge in [-0.3, -0.25) is 9.59 Å². The molecule has 0 fully saturated rings. The molecule has 23 heavy (non-hydrogen) atoms. The van der Waals surface area contributed by atoms with Gasteiger partial charge in [-0.2, -0.15) is 5.26 Å². The van der Waals surface area contributed by atoms with Crippen molar-refractivity contribution in [2.75, 3.05) is 5.32 Å². The highest BCUT2D eigenvalue weighted by Gasteiger charge is 2.06. The van der Waals surface area contributed by atoms with E-state index in [1.807, 2.05) is 12.1 Å². The van der Waals surface area contributed by atoms with Crippen molar-refractivity contribution in [1.82, 2.24) is 5.32 Å². The highest BCUT2D eigenvalue weighted by molar-refractivity contribution is 6.04. The van der Waals surface area contributed by atoms with Crippen LogP contribution in [0.1, 0.15) is 28.4 Å². The summed E-state index contributed by atoms with van der Waals surface area (Å²) in [5, 5.41) is 14.1. The summed E-state index contributed by atoms with van der Waals surface area (Å²) in [6.07, 6.45) is 0.351. The lowest BCUT2D eigenvalue weighted by Crippen LogP contribution is -2.19. The zero-order valence-corrected chi connectivity index (χ0v) is 12.8. The fraction of sp³-hybridized carbons (Fsp3) is 0.167.